The number of rotatable bonds is 4. The molecule has 8 heavy (non-hydrogen) atoms. The van der Waals surface area contributed by atoms with Crippen molar-refractivity contribution in [3.63, 3.8) is 0 Å². The Morgan fingerprint density at radius 2 is 2.50 bits per heavy atom. The average molecular weight is 114 g/mol. The highest BCUT2D eigenvalue weighted by molar-refractivity contribution is 4.83. The molecule has 2 nitrogen and oxygen atoms in total. The second-order valence-corrected chi connectivity index (χ2v) is 1.66. The first-order valence-electron chi connectivity index (χ1n) is 2.63. The molecule has 2 N–H and O–H groups in total. The normalized spacial score (nSPS) is 13.2. The van der Waals surface area contributed by atoms with Crippen LogP contribution in [0.25, 0.3) is 0 Å². The van der Waals surface area contributed by atoms with E-state index in [-0.39, 0.29) is 6.10 Å². The van der Waals surface area contributed by atoms with Crippen LogP contribution >= 0.6 is 0 Å². The summed E-state index contributed by atoms with van der Waals surface area (Å²) in [6.07, 6.45) is 1.36. The molecule has 1 atom stereocenters. The maximum atomic E-state index is 8.66. The predicted molar refractivity (Wildman–Crippen MR) is 34.2 cm³/mol. The minimum absolute atomic E-state index is 0.286. The maximum Gasteiger partial charge on any atom is 0.0636 e. The van der Waals surface area contributed by atoms with E-state index in [1.807, 2.05) is 0 Å². The molecule has 0 aliphatic heterocycles. The van der Waals surface area contributed by atoms with Crippen LogP contribution in [0.2, 0.25) is 0 Å². The van der Waals surface area contributed by atoms with Gasteiger partial charge in [-0.1, -0.05) is 6.08 Å². The number of hydrogen-bond donors (Lipinski definition) is 2. The molecule has 0 saturated carbocycles. The Balaban J connectivity index is 2.81. The molecular formula is C6H12NO. The Labute approximate surface area is 50.2 Å². The summed E-state index contributed by atoms with van der Waals surface area (Å²) in [5.74, 6) is 0. The van der Waals surface area contributed by atoms with E-state index in [9.17, 15) is 0 Å². The van der Waals surface area contributed by atoms with Gasteiger partial charge in [0.1, 0.15) is 0 Å². The van der Waals surface area contributed by atoms with Gasteiger partial charge in [-0.15, -0.1) is 6.58 Å². The zero-order valence-electron chi connectivity index (χ0n) is 5.09. The molecule has 0 amide bonds. The van der Waals surface area contributed by atoms with Gasteiger partial charge in [-0.2, -0.15) is 0 Å². The molecule has 0 spiro atoms. The molecule has 0 heterocycles. The van der Waals surface area contributed by atoms with Crippen LogP contribution < -0.4 is 5.32 Å². The first-order chi connectivity index (χ1) is 3.77. The summed E-state index contributed by atoms with van der Waals surface area (Å²) in [6, 6.07) is 0. The number of hydrogen-bond acceptors (Lipinski definition) is 2. The summed E-state index contributed by atoms with van der Waals surface area (Å²) < 4.78 is 0. The molecule has 47 valence electrons. The second kappa shape index (κ2) is 4.81. The van der Waals surface area contributed by atoms with E-state index >= 15 is 0 Å². The molecule has 0 bridgehead atoms. The van der Waals surface area contributed by atoms with Gasteiger partial charge in [0.15, 0.2) is 0 Å². The first kappa shape index (κ1) is 7.66. The lowest BCUT2D eigenvalue weighted by Gasteiger charge is -2.01. The van der Waals surface area contributed by atoms with Crippen LogP contribution in [-0.4, -0.2) is 17.8 Å². The van der Waals surface area contributed by atoms with Gasteiger partial charge in [0.05, 0.1) is 6.10 Å². The summed E-state index contributed by atoms with van der Waals surface area (Å²) in [5.41, 5.74) is 0. The zero-order valence-corrected chi connectivity index (χ0v) is 5.09. The predicted octanol–water partition coefficient (Wildman–Crippen LogP) is 0.305. The van der Waals surface area contributed by atoms with Gasteiger partial charge in [-0.05, 0) is 6.92 Å². The molecule has 0 aromatic rings. The van der Waals surface area contributed by atoms with Gasteiger partial charge in [-0.25, -0.2) is 0 Å². The summed E-state index contributed by atoms with van der Waals surface area (Å²) in [5, 5.41) is 11.5. The summed E-state index contributed by atoms with van der Waals surface area (Å²) in [6.45, 7) is 7.47. The van der Waals surface area contributed by atoms with Gasteiger partial charge < -0.3 is 10.4 Å². The third-order valence-electron chi connectivity index (χ3n) is 0.649. The van der Waals surface area contributed by atoms with E-state index in [1.54, 1.807) is 19.5 Å². The summed E-state index contributed by atoms with van der Waals surface area (Å²) >= 11 is 0. The minimum Gasteiger partial charge on any atom is -0.392 e. The standard InChI is InChI=1S/C6H12NO/c1-3-4-7-5-6(2)8/h3-4,6-8H,1,5H2,2H3. The zero-order chi connectivity index (χ0) is 6.41. The molecule has 0 aromatic heterocycles. The van der Waals surface area contributed by atoms with Crippen molar-refractivity contribution in [3.05, 3.63) is 19.2 Å². The first-order valence-corrected chi connectivity index (χ1v) is 2.63. The number of aliphatic hydroxyl groups excluding tert-OH is 1. The Morgan fingerprint density at radius 1 is 1.88 bits per heavy atom. The van der Waals surface area contributed by atoms with E-state index in [4.69, 9.17) is 5.11 Å². The molecule has 0 aliphatic rings. The van der Waals surface area contributed by atoms with Crippen molar-refractivity contribution in [1.82, 2.24) is 5.32 Å². The lowest BCUT2D eigenvalue weighted by molar-refractivity contribution is 0.195. The van der Waals surface area contributed by atoms with Crippen molar-refractivity contribution >= 4 is 0 Å². The Kier molecular flexibility index (Phi) is 4.61. The minimum atomic E-state index is -0.286. The number of aliphatic hydroxyl groups is 1. The highest BCUT2D eigenvalue weighted by atomic mass is 16.3. The van der Waals surface area contributed by atoms with E-state index < -0.39 is 0 Å². The smallest absolute Gasteiger partial charge is 0.0636 e. The summed E-state index contributed by atoms with van der Waals surface area (Å²) in [4.78, 5) is 0. The third-order valence-corrected chi connectivity index (χ3v) is 0.649. The topological polar surface area (TPSA) is 32.3 Å². The van der Waals surface area contributed by atoms with E-state index in [2.05, 4.69) is 11.9 Å². The monoisotopic (exact) mass is 114 g/mol. The van der Waals surface area contributed by atoms with Crippen LogP contribution in [0.3, 0.4) is 0 Å². The Morgan fingerprint density at radius 3 is 2.88 bits per heavy atom. The molecule has 1 radical (unpaired) electrons. The summed E-state index contributed by atoms with van der Waals surface area (Å²) in [7, 11) is 0. The Hall–Kier alpha value is -0.340. The fourth-order valence-corrected chi connectivity index (χ4v) is 0.322. The fraction of sp³-hybridized carbons (Fsp3) is 0.500. The van der Waals surface area contributed by atoms with E-state index in [0.29, 0.717) is 6.54 Å². The third kappa shape index (κ3) is 5.66. The molecule has 1 unspecified atom stereocenters. The van der Waals surface area contributed by atoms with Gasteiger partial charge in [0, 0.05) is 13.1 Å². The molecule has 2 heteroatoms. The van der Waals surface area contributed by atoms with Crippen molar-refractivity contribution in [1.29, 1.82) is 0 Å². The van der Waals surface area contributed by atoms with E-state index in [0.717, 1.165) is 0 Å². The SMILES string of the molecule is C=C[CH]NCC(C)O. The van der Waals surface area contributed by atoms with Crippen molar-refractivity contribution < 1.29 is 5.11 Å². The average Bonchev–Trinajstić information content (AvgIpc) is 1.66. The van der Waals surface area contributed by atoms with Crippen LogP contribution in [0.1, 0.15) is 6.92 Å². The molecule has 0 rings (SSSR count). The van der Waals surface area contributed by atoms with Crippen molar-refractivity contribution in [2.45, 2.75) is 13.0 Å². The maximum absolute atomic E-state index is 8.66. The van der Waals surface area contributed by atoms with Crippen molar-refractivity contribution in [2.24, 2.45) is 0 Å². The number of nitrogens with one attached hydrogen (secondary N) is 1. The van der Waals surface area contributed by atoms with Crippen LogP contribution in [0, 0.1) is 6.54 Å². The van der Waals surface area contributed by atoms with Crippen molar-refractivity contribution in [2.75, 3.05) is 6.54 Å². The molecule has 0 fully saturated rings. The fourth-order valence-electron chi connectivity index (χ4n) is 0.322. The van der Waals surface area contributed by atoms with Crippen LogP contribution in [-0.2, 0) is 0 Å². The molecule has 0 saturated heterocycles. The van der Waals surface area contributed by atoms with Gasteiger partial charge in [0.2, 0.25) is 0 Å². The molecular weight excluding hydrogens is 102 g/mol. The lowest BCUT2D eigenvalue weighted by Crippen LogP contribution is -2.21. The van der Waals surface area contributed by atoms with Crippen molar-refractivity contribution in [3.8, 4) is 0 Å². The van der Waals surface area contributed by atoms with Gasteiger partial charge in [-0.3, -0.25) is 0 Å². The van der Waals surface area contributed by atoms with Gasteiger partial charge >= 0.3 is 0 Å². The molecule has 0 aromatic carbocycles. The van der Waals surface area contributed by atoms with Crippen LogP contribution in [0.4, 0.5) is 0 Å². The largest absolute Gasteiger partial charge is 0.392 e. The Bertz CT molecular complexity index is 61.5. The van der Waals surface area contributed by atoms with E-state index in [1.165, 1.54) is 0 Å². The van der Waals surface area contributed by atoms with Gasteiger partial charge in [0.25, 0.3) is 0 Å². The van der Waals surface area contributed by atoms with Crippen LogP contribution in [0.15, 0.2) is 12.7 Å². The van der Waals surface area contributed by atoms with Crippen LogP contribution in [0.5, 0.6) is 0 Å². The molecule has 0 aliphatic carbocycles. The lowest BCUT2D eigenvalue weighted by atomic mass is 10.4. The highest BCUT2D eigenvalue weighted by Crippen LogP contribution is 1.75. The highest BCUT2D eigenvalue weighted by Gasteiger charge is 1.89. The quantitative estimate of drug-likeness (QED) is 0.515. The second-order valence-electron chi connectivity index (χ2n) is 1.66.